The number of nitrogens with zero attached hydrogens (tertiary/aromatic N) is 2. The summed E-state index contributed by atoms with van der Waals surface area (Å²) in [6, 6.07) is 3.39. The lowest BCUT2D eigenvalue weighted by atomic mass is 10.2. The summed E-state index contributed by atoms with van der Waals surface area (Å²) in [5.41, 5.74) is 6.31. The Morgan fingerprint density at radius 1 is 1.35 bits per heavy atom. The third-order valence-electron chi connectivity index (χ3n) is 2.95. The Labute approximate surface area is 106 Å². The van der Waals surface area contributed by atoms with E-state index in [-0.39, 0.29) is 5.91 Å². The van der Waals surface area contributed by atoms with Crippen molar-refractivity contribution in [2.75, 3.05) is 12.3 Å². The summed E-state index contributed by atoms with van der Waals surface area (Å²) >= 11 is 6.05. The zero-order chi connectivity index (χ0) is 12.3. The smallest absolute Gasteiger partial charge is 0.222 e. The van der Waals surface area contributed by atoms with Crippen molar-refractivity contribution in [3.05, 3.63) is 22.8 Å². The number of aromatic nitrogens is 1. The zero-order valence-corrected chi connectivity index (χ0v) is 10.4. The van der Waals surface area contributed by atoms with E-state index < -0.39 is 0 Å². The number of pyridine rings is 1. The van der Waals surface area contributed by atoms with Crippen LogP contribution in [0.15, 0.2) is 12.1 Å². The number of carbonyl (C=O) groups excluding carboxylic acids is 1. The van der Waals surface area contributed by atoms with E-state index in [4.69, 9.17) is 17.3 Å². The standard InChI is InChI=1S/C12H16ClN3O/c13-9-5-6-11(14)15-10(9)8-16-7-3-1-2-4-12(16)17/h5-6H,1-4,7-8H2,(H2,14,15). The second-order valence-corrected chi connectivity index (χ2v) is 4.70. The Bertz CT molecular complexity index is 422. The number of halogens is 1. The molecule has 92 valence electrons. The molecular weight excluding hydrogens is 238 g/mol. The van der Waals surface area contributed by atoms with Crippen LogP contribution < -0.4 is 5.73 Å². The fourth-order valence-corrected chi connectivity index (χ4v) is 2.16. The quantitative estimate of drug-likeness (QED) is 0.879. The Morgan fingerprint density at radius 3 is 3.00 bits per heavy atom. The van der Waals surface area contributed by atoms with Crippen molar-refractivity contribution >= 4 is 23.3 Å². The second-order valence-electron chi connectivity index (χ2n) is 4.29. The minimum atomic E-state index is 0.183. The van der Waals surface area contributed by atoms with Crippen molar-refractivity contribution in [2.45, 2.75) is 32.2 Å². The molecule has 0 aromatic carbocycles. The fourth-order valence-electron chi connectivity index (χ4n) is 2.00. The van der Waals surface area contributed by atoms with Gasteiger partial charge in [0.15, 0.2) is 0 Å². The van der Waals surface area contributed by atoms with Gasteiger partial charge in [0.25, 0.3) is 0 Å². The molecule has 2 N–H and O–H groups in total. The van der Waals surface area contributed by atoms with Crippen LogP contribution >= 0.6 is 11.6 Å². The van der Waals surface area contributed by atoms with Gasteiger partial charge in [-0.2, -0.15) is 0 Å². The molecule has 2 heterocycles. The maximum absolute atomic E-state index is 11.8. The highest BCUT2D eigenvalue weighted by Gasteiger charge is 2.18. The molecule has 1 aromatic rings. The van der Waals surface area contributed by atoms with Crippen molar-refractivity contribution in [1.29, 1.82) is 0 Å². The van der Waals surface area contributed by atoms with Gasteiger partial charge in [0.1, 0.15) is 5.82 Å². The summed E-state index contributed by atoms with van der Waals surface area (Å²) in [4.78, 5) is 17.8. The third-order valence-corrected chi connectivity index (χ3v) is 3.30. The lowest BCUT2D eigenvalue weighted by Crippen LogP contribution is -2.30. The number of nitrogens with two attached hydrogens (primary N) is 1. The molecule has 1 fully saturated rings. The molecule has 17 heavy (non-hydrogen) atoms. The van der Waals surface area contributed by atoms with E-state index in [1.54, 1.807) is 12.1 Å². The number of hydrogen-bond acceptors (Lipinski definition) is 3. The van der Waals surface area contributed by atoms with Crippen molar-refractivity contribution < 1.29 is 4.79 Å². The second kappa shape index (κ2) is 5.36. The largest absolute Gasteiger partial charge is 0.384 e. The van der Waals surface area contributed by atoms with Crippen LogP contribution in [0.3, 0.4) is 0 Å². The number of hydrogen-bond donors (Lipinski definition) is 1. The number of rotatable bonds is 2. The normalized spacial score (nSPS) is 17.0. The molecule has 4 nitrogen and oxygen atoms in total. The van der Waals surface area contributed by atoms with Crippen LogP contribution in [0.5, 0.6) is 0 Å². The van der Waals surface area contributed by atoms with Crippen molar-refractivity contribution in [3.8, 4) is 0 Å². The van der Waals surface area contributed by atoms with E-state index in [1.807, 2.05) is 4.90 Å². The molecule has 5 heteroatoms. The highest BCUT2D eigenvalue weighted by molar-refractivity contribution is 6.31. The topological polar surface area (TPSA) is 59.2 Å². The number of likely N-dealkylation sites (tertiary alicyclic amines) is 1. The molecule has 0 unspecified atom stereocenters. The van der Waals surface area contributed by atoms with Crippen LogP contribution in [0.4, 0.5) is 5.82 Å². The fraction of sp³-hybridized carbons (Fsp3) is 0.500. The first-order valence-electron chi connectivity index (χ1n) is 5.85. The van der Waals surface area contributed by atoms with Gasteiger partial charge in [0.2, 0.25) is 5.91 Å². The summed E-state index contributed by atoms with van der Waals surface area (Å²) in [5, 5.41) is 0.566. The number of anilines is 1. The van der Waals surface area contributed by atoms with Crippen LogP contribution in [0.25, 0.3) is 0 Å². The molecule has 1 aromatic heterocycles. The predicted molar refractivity (Wildman–Crippen MR) is 67.5 cm³/mol. The Kier molecular flexibility index (Phi) is 3.84. The summed E-state index contributed by atoms with van der Waals surface area (Å²) in [6.45, 7) is 1.24. The molecule has 0 aliphatic carbocycles. The maximum atomic E-state index is 11.8. The third kappa shape index (κ3) is 3.09. The number of amides is 1. The van der Waals surface area contributed by atoms with Crippen LogP contribution in [0, 0.1) is 0 Å². The number of carbonyl (C=O) groups is 1. The first-order valence-corrected chi connectivity index (χ1v) is 6.23. The van der Waals surface area contributed by atoms with Crippen LogP contribution in [-0.2, 0) is 11.3 Å². The van der Waals surface area contributed by atoms with Gasteiger partial charge in [-0.3, -0.25) is 4.79 Å². The first kappa shape index (κ1) is 12.2. The van der Waals surface area contributed by atoms with E-state index in [1.165, 1.54) is 0 Å². The van der Waals surface area contributed by atoms with E-state index in [0.717, 1.165) is 25.8 Å². The highest BCUT2D eigenvalue weighted by atomic mass is 35.5. The lowest BCUT2D eigenvalue weighted by Gasteiger charge is -2.20. The minimum Gasteiger partial charge on any atom is -0.384 e. The molecule has 1 amide bonds. The molecule has 1 saturated heterocycles. The van der Waals surface area contributed by atoms with Gasteiger partial charge in [-0.15, -0.1) is 0 Å². The van der Waals surface area contributed by atoms with E-state index in [9.17, 15) is 4.79 Å². The van der Waals surface area contributed by atoms with E-state index in [2.05, 4.69) is 4.98 Å². The first-order chi connectivity index (χ1) is 8.16. The molecule has 1 aliphatic heterocycles. The summed E-state index contributed by atoms with van der Waals surface area (Å²) in [6.07, 6.45) is 3.76. The molecule has 2 rings (SSSR count). The van der Waals surface area contributed by atoms with Gasteiger partial charge in [0, 0.05) is 13.0 Å². The molecule has 0 bridgehead atoms. The molecule has 0 saturated carbocycles. The molecule has 0 radical (unpaired) electrons. The van der Waals surface area contributed by atoms with Crippen molar-refractivity contribution in [1.82, 2.24) is 9.88 Å². The van der Waals surface area contributed by atoms with Crippen LogP contribution in [0.2, 0.25) is 5.02 Å². The van der Waals surface area contributed by atoms with Crippen molar-refractivity contribution in [3.63, 3.8) is 0 Å². The van der Waals surface area contributed by atoms with Gasteiger partial charge in [-0.25, -0.2) is 4.98 Å². The minimum absolute atomic E-state index is 0.183. The summed E-state index contributed by atoms with van der Waals surface area (Å²) in [7, 11) is 0. The van der Waals surface area contributed by atoms with Gasteiger partial charge in [-0.1, -0.05) is 18.0 Å². The zero-order valence-electron chi connectivity index (χ0n) is 9.66. The number of nitrogen functional groups attached to an aromatic ring is 1. The Morgan fingerprint density at radius 2 is 2.18 bits per heavy atom. The molecule has 1 aliphatic rings. The average molecular weight is 254 g/mol. The van der Waals surface area contributed by atoms with Gasteiger partial charge in [-0.05, 0) is 25.0 Å². The van der Waals surface area contributed by atoms with Crippen LogP contribution in [-0.4, -0.2) is 22.3 Å². The molecule has 0 atom stereocenters. The van der Waals surface area contributed by atoms with Gasteiger partial charge < -0.3 is 10.6 Å². The predicted octanol–water partition coefficient (Wildman–Crippen LogP) is 2.22. The maximum Gasteiger partial charge on any atom is 0.222 e. The average Bonchev–Trinajstić information content (AvgIpc) is 2.50. The van der Waals surface area contributed by atoms with E-state index >= 15 is 0 Å². The Balaban J connectivity index is 2.13. The molecular formula is C12H16ClN3O. The SMILES string of the molecule is Nc1ccc(Cl)c(CN2CCCCCC2=O)n1. The molecule has 0 spiro atoms. The van der Waals surface area contributed by atoms with Crippen molar-refractivity contribution in [2.24, 2.45) is 0 Å². The monoisotopic (exact) mass is 253 g/mol. The van der Waals surface area contributed by atoms with Gasteiger partial charge in [0.05, 0.1) is 17.3 Å². The van der Waals surface area contributed by atoms with Gasteiger partial charge >= 0.3 is 0 Å². The summed E-state index contributed by atoms with van der Waals surface area (Å²) in [5.74, 6) is 0.620. The Hall–Kier alpha value is -1.29. The van der Waals surface area contributed by atoms with E-state index in [0.29, 0.717) is 29.5 Å². The summed E-state index contributed by atoms with van der Waals surface area (Å²) < 4.78 is 0. The lowest BCUT2D eigenvalue weighted by molar-refractivity contribution is -0.131. The van der Waals surface area contributed by atoms with Crippen LogP contribution in [0.1, 0.15) is 31.4 Å². The highest BCUT2D eigenvalue weighted by Crippen LogP contribution is 2.19.